The highest BCUT2D eigenvalue weighted by atomic mass is 19.3. The minimum Gasteiger partial charge on any atom is -0.435 e. The molecule has 1 amide bonds. The minimum atomic E-state index is -2.83. The summed E-state index contributed by atoms with van der Waals surface area (Å²) in [7, 11) is 0. The first-order valence-corrected chi connectivity index (χ1v) is 5.30. The van der Waals surface area contributed by atoms with Gasteiger partial charge in [0, 0.05) is 6.04 Å². The van der Waals surface area contributed by atoms with E-state index < -0.39 is 6.61 Å². The van der Waals surface area contributed by atoms with E-state index >= 15 is 0 Å². The molecule has 0 fully saturated rings. The highest BCUT2D eigenvalue weighted by Crippen LogP contribution is 2.15. The molecule has 0 saturated carbocycles. The van der Waals surface area contributed by atoms with Crippen LogP contribution in [0.3, 0.4) is 0 Å². The molecule has 0 spiro atoms. The molecule has 0 bridgehead atoms. The molecule has 1 rings (SSSR count). The normalized spacial score (nSPS) is 10.7. The number of nitrogens with one attached hydrogen (secondary N) is 1. The maximum absolute atomic E-state index is 11.9. The van der Waals surface area contributed by atoms with Crippen molar-refractivity contribution in [3.63, 3.8) is 0 Å². The lowest BCUT2D eigenvalue weighted by molar-refractivity contribution is -0.120. The summed E-state index contributed by atoms with van der Waals surface area (Å²) in [6, 6.07) is 6.12. The first-order chi connectivity index (χ1) is 7.97. The Labute approximate surface area is 98.8 Å². The summed E-state index contributed by atoms with van der Waals surface area (Å²) in [6.07, 6.45) is 0.229. The third-order valence-corrected chi connectivity index (χ3v) is 1.96. The summed E-state index contributed by atoms with van der Waals surface area (Å²) in [5.41, 5.74) is 0.754. The fourth-order valence-electron chi connectivity index (χ4n) is 1.35. The molecule has 0 atom stereocenters. The van der Waals surface area contributed by atoms with Gasteiger partial charge in [0.15, 0.2) is 0 Å². The van der Waals surface area contributed by atoms with Crippen LogP contribution in [0.15, 0.2) is 24.3 Å². The van der Waals surface area contributed by atoms with E-state index in [-0.39, 0.29) is 24.1 Å². The standard InChI is InChI=1S/C12H15F2NO2/c1-8(2)15-11(16)7-9-3-5-10(6-4-9)17-12(13)14/h3-6,8,12H,7H2,1-2H3,(H,15,16). The molecular formula is C12H15F2NO2. The minimum absolute atomic E-state index is 0.0870. The first-order valence-electron chi connectivity index (χ1n) is 5.30. The number of ether oxygens (including phenoxy) is 1. The number of halogens is 2. The molecule has 0 heterocycles. The highest BCUT2D eigenvalue weighted by Gasteiger charge is 2.06. The second-order valence-electron chi connectivity index (χ2n) is 3.92. The van der Waals surface area contributed by atoms with E-state index in [1.165, 1.54) is 12.1 Å². The molecule has 1 aromatic carbocycles. The number of rotatable bonds is 5. The van der Waals surface area contributed by atoms with Crippen molar-refractivity contribution in [3.8, 4) is 5.75 Å². The average Bonchev–Trinajstić information content (AvgIpc) is 2.18. The van der Waals surface area contributed by atoms with Gasteiger partial charge in [0.05, 0.1) is 6.42 Å². The predicted octanol–water partition coefficient (Wildman–Crippen LogP) is 2.36. The molecule has 0 aliphatic carbocycles. The number of carbonyl (C=O) groups is 1. The number of hydrogen-bond acceptors (Lipinski definition) is 2. The molecule has 17 heavy (non-hydrogen) atoms. The molecule has 0 aliphatic rings. The van der Waals surface area contributed by atoms with E-state index in [2.05, 4.69) is 10.1 Å². The van der Waals surface area contributed by atoms with Crippen LogP contribution in [0.5, 0.6) is 5.75 Å². The van der Waals surface area contributed by atoms with E-state index in [4.69, 9.17) is 0 Å². The number of amides is 1. The second-order valence-corrected chi connectivity index (χ2v) is 3.92. The molecule has 94 valence electrons. The maximum atomic E-state index is 11.9. The van der Waals surface area contributed by atoms with Crippen molar-refractivity contribution in [2.24, 2.45) is 0 Å². The number of alkyl halides is 2. The molecule has 1 N–H and O–H groups in total. The smallest absolute Gasteiger partial charge is 0.387 e. The molecule has 0 radical (unpaired) electrons. The van der Waals surface area contributed by atoms with Crippen molar-refractivity contribution in [2.45, 2.75) is 32.9 Å². The Morgan fingerprint density at radius 3 is 2.35 bits per heavy atom. The van der Waals surface area contributed by atoms with Gasteiger partial charge in [-0.05, 0) is 31.5 Å². The molecule has 0 unspecified atom stereocenters. The Balaban J connectivity index is 2.53. The lowest BCUT2D eigenvalue weighted by atomic mass is 10.1. The molecule has 1 aromatic rings. The fraction of sp³-hybridized carbons (Fsp3) is 0.417. The molecule has 0 saturated heterocycles. The van der Waals surface area contributed by atoms with Gasteiger partial charge in [0.25, 0.3) is 0 Å². The number of benzene rings is 1. The van der Waals surface area contributed by atoms with Gasteiger partial charge in [0.1, 0.15) is 5.75 Å². The van der Waals surface area contributed by atoms with E-state index in [0.717, 1.165) is 5.56 Å². The monoisotopic (exact) mass is 243 g/mol. The second kappa shape index (κ2) is 6.18. The van der Waals surface area contributed by atoms with Crippen molar-refractivity contribution >= 4 is 5.91 Å². The van der Waals surface area contributed by atoms with E-state index in [9.17, 15) is 13.6 Å². The molecule has 5 heteroatoms. The van der Waals surface area contributed by atoms with Crippen molar-refractivity contribution in [2.75, 3.05) is 0 Å². The summed E-state index contributed by atoms with van der Waals surface area (Å²) < 4.78 is 28.0. The van der Waals surface area contributed by atoms with Gasteiger partial charge in [-0.2, -0.15) is 8.78 Å². The average molecular weight is 243 g/mol. The Morgan fingerprint density at radius 2 is 1.88 bits per heavy atom. The summed E-state index contributed by atoms with van der Waals surface area (Å²) in [5.74, 6) is -0.00412. The lowest BCUT2D eigenvalue weighted by Crippen LogP contribution is -2.31. The quantitative estimate of drug-likeness (QED) is 0.862. The largest absolute Gasteiger partial charge is 0.435 e. The van der Waals surface area contributed by atoms with Crippen molar-refractivity contribution < 1.29 is 18.3 Å². The van der Waals surface area contributed by atoms with Gasteiger partial charge in [-0.25, -0.2) is 0 Å². The topological polar surface area (TPSA) is 38.3 Å². The van der Waals surface area contributed by atoms with E-state index in [0.29, 0.717) is 0 Å². The van der Waals surface area contributed by atoms with Crippen LogP contribution in [0.1, 0.15) is 19.4 Å². The summed E-state index contributed by atoms with van der Waals surface area (Å²) in [6.45, 7) is 0.916. The van der Waals surface area contributed by atoms with Gasteiger partial charge in [-0.15, -0.1) is 0 Å². The Kier molecular flexibility index (Phi) is 4.87. The van der Waals surface area contributed by atoms with Crippen LogP contribution in [-0.2, 0) is 11.2 Å². The Morgan fingerprint density at radius 1 is 1.29 bits per heavy atom. The Hall–Kier alpha value is -1.65. The zero-order valence-electron chi connectivity index (χ0n) is 9.74. The number of hydrogen-bond donors (Lipinski definition) is 1. The van der Waals surface area contributed by atoms with Crippen LogP contribution >= 0.6 is 0 Å². The fourth-order valence-corrected chi connectivity index (χ4v) is 1.35. The van der Waals surface area contributed by atoms with Crippen molar-refractivity contribution in [1.29, 1.82) is 0 Å². The maximum Gasteiger partial charge on any atom is 0.387 e. The third-order valence-electron chi connectivity index (χ3n) is 1.96. The van der Waals surface area contributed by atoms with Gasteiger partial charge in [0.2, 0.25) is 5.91 Å². The highest BCUT2D eigenvalue weighted by molar-refractivity contribution is 5.78. The van der Waals surface area contributed by atoms with Gasteiger partial charge in [-0.3, -0.25) is 4.79 Å². The zero-order valence-corrected chi connectivity index (χ0v) is 9.74. The van der Waals surface area contributed by atoms with Gasteiger partial charge < -0.3 is 10.1 Å². The number of carbonyl (C=O) groups excluding carboxylic acids is 1. The molecule has 0 aliphatic heterocycles. The van der Waals surface area contributed by atoms with Crippen LogP contribution in [-0.4, -0.2) is 18.6 Å². The van der Waals surface area contributed by atoms with Crippen LogP contribution in [0.25, 0.3) is 0 Å². The summed E-state index contributed by atoms with van der Waals surface area (Å²) in [4.78, 5) is 11.4. The SMILES string of the molecule is CC(C)NC(=O)Cc1ccc(OC(F)F)cc1. The van der Waals surface area contributed by atoms with Gasteiger partial charge >= 0.3 is 6.61 Å². The van der Waals surface area contributed by atoms with E-state index in [1.807, 2.05) is 13.8 Å². The first kappa shape index (κ1) is 13.4. The molecule has 0 aromatic heterocycles. The molecular weight excluding hydrogens is 228 g/mol. The van der Waals surface area contributed by atoms with E-state index in [1.54, 1.807) is 12.1 Å². The molecule has 3 nitrogen and oxygen atoms in total. The lowest BCUT2D eigenvalue weighted by Gasteiger charge is -2.09. The van der Waals surface area contributed by atoms with Crippen LogP contribution in [0.4, 0.5) is 8.78 Å². The van der Waals surface area contributed by atoms with Crippen LogP contribution in [0.2, 0.25) is 0 Å². The predicted molar refractivity (Wildman–Crippen MR) is 60.1 cm³/mol. The summed E-state index contributed by atoms with van der Waals surface area (Å²) in [5, 5.41) is 2.75. The van der Waals surface area contributed by atoms with Crippen molar-refractivity contribution in [3.05, 3.63) is 29.8 Å². The Bertz CT molecular complexity index is 363. The van der Waals surface area contributed by atoms with Crippen molar-refractivity contribution in [1.82, 2.24) is 5.32 Å². The van der Waals surface area contributed by atoms with Crippen LogP contribution < -0.4 is 10.1 Å². The van der Waals surface area contributed by atoms with Gasteiger partial charge in [-0.1, -0.05) is 12.1 Å². The summed E-state index contributed by atoms with van der Waals surface area (Å²) >= 11 is 0. The van der Waals surface area contributed by atoms with Crippen LogP contribution in [0, 0.1) is 0 Å². The third kappa shape index (κ3) is 5.29. The zero-order chi connectivity index (χ0) is 12.8.